The summed E-state index contributed by atoms with van der Waals surface area (Å²) in [7, 11) is 0. The fraction of sp³-hybridized carbons (Fsp3) is 0.214. The van der Waals surface area contributed by atoms with Crippen molar-refractivity contribution in [2.75, 3.05) is 0 Å². The van der Waals surface area contributed by atoms with Gasteiger partial charge in [0.05, 0.1) is 0 Å². The Labute approximate surface area is 106 Å². The van der Waals surface area contributed by atoms with Gasteiger partial charge in [0.25, 0.3) is 5.91 Å². The number of carbonyl (C=O) groups is 1. The van der Waals surface area contributed by atoms with Crippen LogP contribution in [0.2, 0.25) is 0 Å². The summed E-state index contributed by atoms with van der Waals surface area (Å²) in [6.45, 7) is 0. The molecule has 0 aliphatic carbocycles. The second-order valence-corrected chi connectivity index (χ2v) is 4.06. The first-order valence-corrected chi connectivity index (χ1v) is 5.91. The van der Waals surface area contributed by atoms with Crippen molar-refractivity contribution in [1.29, 1.82) is 0 Å². The van der Waals surface area contributed by atoms with Crippen molar-refractivity contribution in [1.82, 2.24) is 9.97 Å². The van der Waals surface area contributed by atoms with E-state index in [2.05, 4.69) is 22.1 Å². The van der Waals surface area contributed by atoms with E-state index in [0.29, 0.717) is 5.82 Å². The summed E-state index contributed by atoms with van der Waals surface area (Å²) in [6, 6.07) is 11.8. The zero-order valence-corrected chi connectivity index (χ0v) is 10.0. The van der Waals surface area contributed by atoms with Gasteiger partial charge >= 0.3 is 0 Å². The number of nitrogens with zero attached hydrogens (tertiary/aromatic N) is 2. The summed E-state index contributed by atoms with van der Waals surface area (Å²) in [6.07, 6.45) is 4.25. The summed E-state index contributed by atoms with van der Waals surface area (Å²) >= 11 is 0. The molecule has 18 heavy (non-hydrogen) atoms. The number of primary amides is 1. The maximum Gasteiger partial charge on any atom is 0.267 e. The van der Waals surface area contributed by atoms with Crippen LogP contribution in [0.25, 0.3) is 0 Å². The number of carbonyl (C=O) groups excluding carboxylic acids is 1. The monoisotopic (exact) mass is 241 g/mol. The summed E-state index contributed by atoms with van der Waals surface area (Å²) in [5, 5.41) is 0. The molecule has 92 valence electrons. The zero-order valence-electron chi connectivity index (χ0n) is 10.0. The lowest BCUT2D eigenvalue weighted by atomic mass is 10.1. The van der Waals surface area contributed by atoms with Gasteiger partial charge in [-0.25, -0.2) is 9.97 Å². The quantitative estimate of drug-likeness (QED) is 0.867. The van der Waals surface area contributed by atoms with Gasteiger partial charge in [-0.15, -0.1) is 0 Å². The van der Waals surface area contributed by atoms with Gasteiger partial charge in [0, 0.05) is 12.6 Å². The van der Waals surface area contributed by atoms with Crippen molar-refractivity contribution in [3.8, 4) is 0 Å². The highest BCUT2D eigenvalue weighted by Crippen LogP contribution is 2.05. The minimum absolute atomic E-state index is 0.278. The molecule has 2 aromatic rings. The minimum Gasteiger partial charge on any atom is -0.364 e. The average Bonchev–Trinajstić information content (AvgIpc) is 2.40. The molecule has 1 amide bonds. The number of aryl methyl sites for hydroxylation is 2. The highest BCUT2D eigenvalue weighted by Gasteiger charge is 2.04. The molecule has 1 heterocycles. The Morgan fingerprint density at radius 1 is 1.11 bits per heavy atom. The van der Waals surface area contributed by atoms with Crippen LogP contribution >= 0.6 is 0 Å². The fourth-order valence-corrected chi connectivity index (χ4v) is 1.75. The first-order chi connectivity index (χ1) is 8.75. The molecule has 0 bridgehead atoms. The van der Waals surface area contributed by atoms with E-state index >= 15 is 0 Å². The zero-order chi connectivity index (χ0) is 12.8. The Morgan fingerprint density at radius 3 is 2.61 bits per heavy atom. The third-order valence-electron chi connectivity index (χ3n) is 2.67. The predicted molar refractivity (Wildman–Crippen MR) is 69.0 cm³/mol. The van der Waals surface area contributed by atoms with E-state index in [0.717, 1.165) is 19.3 Å². The molecule has 2 N–H and O–H groups in total. The summed E-state index contributed by atoms with van der Waals surface area (Å²) in [5.41, 5.74) is 6.75. The van der Waals surface area contributed by atoms with Crippen LogP contribution in [0.1, 0.15) is 28.3 Å². The molecule has 0 saturated carbocycles. The van der Waals surface area contributed by atoms with E-state index < -0.39 is 5.91 Å². The Bertz CT molecular complexity index is 526. The number of amides is 1. The number of rotatable bonds is 5. The standard InChI is InChI=1S/C14H15N3O/c15-14(18)12-9-10-16-13(17-12)8-4-7-11-5-2-1-3-6-11/h1-3,5-6,9-10H,4,7-8H2,(H2,15,18). The predicted octanol–water partition coefficient (Wildman–Crippen LogP) is 1.75. The maximum absolute atomic E-state index is 11.0. The van der Waals surface area contributed by atoms with Crippen LogP contribution in [-0.4, -0.2) is 15.9 Å². The Kier molecular flexibility index (Phi) is 4.02. The third kappa shape index (κ3) is 3.38. The second-order valence-electron chi connectivity index (χ2n) is 4.06. The van der Waals surface area contributed by atoms with Gasteiger partial charge in [0.15, 0.2) is 0 Å². The number of hydrogen-bond acceptors (Lipinski definition) is 3. The molecule has 2 rings (SSSR count). The van der Waals surface area contributed by atoms with Gasteiger partial charge in [-0.05, 0) is 24.5 Å². The van der Waals surface area contributed by atoms with Gasteiger partial charge < -0.3 is 5.73 Å². The van der Waals surface area contributed by atoms with Crippen LogP contribution in [0, 0.1) is 0 Å². The average molecular weight is 241 g/mol. The van der Waals surface area contributed by atoms with Gasteiger partial charge in [-0.1, -0.05) is 30.3 Å². The van der Waals surface area contributed by atoms with Crippen molar-refractivity contribution in [3.63, 3.8) is 0 Å². The van der Waals surface area contributed by atoms with Gasteiger partial charge in [0.1, 0.15) is 11.5 Å². The van der Waals surface area contributed by atoms with Crippen molar-refractivity contribution in [2.24, 2.45) is 5.73 Å². The lowest BCUT2D eigenvalue weighted by Crippen LogP contribution is -2.14. The van der Waals surface area contributed by atoms with Crippen molar-refractivity contribution in [2.45, 2.75) is 19.3 Å². The SMILES string of the molecule is NC(=O)c1ccnc(CCCc2ccccc2)n1. The second kappa shape index (κ2) is 5.91. The van der Waals surface area contributed by atoms with Crippen LogP contribution in [-0.2, 0) is 12.8 Å². The summed E-state index contributed by atoms with van der Waals surface area (Å²) < 4.78 is 0. The molecule has 0 aliphatic rings. The molecule has 0 aliphatic heterocycles. The molecule has 0 radical (unpaired) electrons. The highest BCUT2D eigenvalue weighted by atomic mass is 16.1. The lowest BCUT2D eigenvalue weighted by Gasteiger charge is -2.02. The smallest absolute Gasteiger partial charge is 0.267 e. The number of aromatic nitrogens is 2. The van der Waals surface area contributed by atoms with E-state index in [1.807, 2.05) is 18.2 Å². The van der Waals surface area contributed by atoms with E-state index in [-0.39, 0.29) is 5.69 Å². The molecule has 1 aromatic carbocycles. The van der Waals surface area contributed by atoms with E-state index in [9.17, 15) is 4.79 Å². The molecule has 0 saturated heterocycles. The number of nitrogens with two attached hydrogens (primary N) is 1. The molecule has 0 fully saturated rings. The molecule has 0 spiro atoms. The van der Waals surface area contributed by atoms with Gasteiger partial charge in [-0.2, -0.15) is 0 Å². The molecular weight excluding hydrogens is 226 g/mol. The Balaban J connectivity index is 1.90. The van der Waals surface area contributed by atoms with Crippen LogP contribution in [0.5, 0.6) is 0 Å². The van der Waals surface area contributed by atoms with Crippen LogP contribution in [0.4, 0.5) is 0 Å². The number of hydrogen-bond donors (Lipinski definition) is 1. The van der Waals surface area contributed by atoms with E-state index in [1.54, 1.807) is 6.20 Å². The minimum atomic E-state index is -0.512. The normalized spacial score (nSPS) is 10.2. The van der Waals surface area contributed by atoms with Gasteiger partial charge in [-0.3, -0.25) is 4.79 Å². The number of benzene rings is 1. The van der Waals surface area contributed by atoms with Crippen LogP contribution in [0.3, 0.4) is 0 Å². The largest absolute Gasteiger partial charge is 0.364 e. The summed E-state index contributed by atoms with van der Waals surface area (Å²) in [5.74, 6) is 0.156. The topological polar surface area (TPSA) is 68.9 Å². The highest BCUT2D eigenvalue weighted by molar-refractivity contribution is 5.90. The molecule has 0 atom stereocenters. The molecule has 4 nitrogen and oxygen atoms in total. The summed E-state index contributed by atoms with van der Waals surface area (Å²) in [4.78, 5) is 19.2. The fourth-order valence-electron chi connectivity index (χ4n) is 1.75. The maximum atomic E-state index is 11.0. The van der Waals surface area contributed by atoms with Gasteiger partial charge in [0.2, 0.25) is 0 Å². The molecule has 0 unspecified atom stereocenters. The first kappa shape index (κ1) is 12.2. The Morgan fingerprint density at radius 2 is 1.89 bits per heavy atom. The molecule has 4 heteroatoms. The molecular formula is C14H15N3O. The molecule has 1 aromatic heterocycles. The third-order valence-corrected chi connectivity index (χ3v) is 2.67. The lowest BCUT2D eigenvalue weighted by molar-refractivity contribution is 0.0995. The van der Waals surface area contributed by atoms with Crippen LogP contribution in [0.15, 0.2) is 42.6 Å². The van der Waals surface area contributed by atoms with Crippen molar-refractivity contribution >= 4 is 5.91 Å². The van der Waals surface area contributed by atoms with Crippen LogP contribution < -0.4 is 5.73 Å². The van der Waals surface area contributed by atoms with E-state index in [4.69, 9.17) is 5.73 Å². The van der Waals surface area contributed by atoms with Crippen molar-refractivity contribution in [3.05, 3.63) is 59.7 Å². The first-order valence-electron chi connectivity index (χ1n) is 5.91. The Hall–Kier alpha value is -2.23. The van der Waals surface area contributed by atoms with E-state index in [1.165, 1.54) is 11.6 Å². The van der Waals surface area contributed by atoms with Crippen molar-refractivity contribution < 1.29 is 4.79 Å².